The second kappa shape index (κ2) is 6.46. The predicted octanol–water partition coefficient (Wildman–Crippen LogP) is 3.67. The third-order valence-electron chi connectivity index (χ3n) is 4.84. The van der Waals surface area contributed by atoms with Crippen LogP contribution in [-0.4, -0.2) is 19.8 Å². The summed E-state index contributed by atoms with van der Waals surface area (Å²) in [5.41, 5.74) is 7.81. The second-order valence-electron chi connectivity index (χ2n) is 6.26. The monoisotopic (exact) mass is 290 g/mol. The fourth-order valence-electron chi connectivity index (χ4n) is 3.36. The summed E-state index contributed by atoms with van der Waals surface area (Å²) in [5, 5.41) is 3.51. The van der Waals surface area contributed by atoms with Gasteiger partial charge in [0.05, 0.1) is 11.4 Å². The van der Waals surface area contributed by atoms with Crippen molar-refractivity contribution in [1.82, 2.24) is 0 Å². The van der Waals surface area contributed by atoms with Crippen molar-refractivity contribution in [1.29, 1.82) is 0 Å². The maximum absolute atomic E-state index is 6.11. The van der Waals surface area contributed by atoms with Crippen molar-refractivity contribution in [2.45, 2.75) is 39.0 Å². The Morgan fingerprint density at radius 1 is 1.05 bits per heavy atom. The van der Waals surface area contributed by atoms with E-state index in [9.17, 15) is 0 Å². The smallest absolute Gasteiger partial charge is 0.163 e. The van der Waals surface area contributed by atoms with Gasteiger partial charge in [0.1, 0.15) is 13.2 Å². The molecule has 4 heteroatoms. The van der Waals surface area contributed by atoms with Crippen molar-refractivity contribution in [3.8, 4) is 11.5 Å². The average molecular weight is 290 g/mol. The van der Waals surface area contributed by atoms with E-state index in [2.05, 4.69) is 12.2 Å². The summed E-state index contributed by atoms with van der Waals surface area (Å²) < 4.78 is 11.2. The molecule has 0 aromatic heterocycles. The lowest BCUT2D eigenvalue weighted by molar-refractivity contribution is 0.172. The number of nitrogens with one attached hydrogen (secondary N) is 1. The molecule has 0 saturated heterocycles. The summed E-state index contributed by atoms with van der Waals surface area (Å²) in [5.74, 6) is 3.27. The van der Waals surface area contributed by atoms with Crippen molar-refractivity contribution in [2.24, 2.45) is 11.8 Å². The zero-order chi connectivity index (χ0) is 14.7. The van der Waals surface area contributed by atoms with E-state index in [-0.39, 0.29) is 0 Å². The molecule has 0 atom stereocenters. The van der Waals surface area contributed by atoms with Crippen LogP contribution in [0.25, 0.3) is 0 Å². The highest BCUT2D eigenvalue weighted by Crippen LogP contribution is 2.37. The van der Waals surface area contributed by atoms with Gasteiger partial charge in [-0.2, -0.15) is 0 Å². The number of benzene rings is 1. The van der Waals surface area contributed by atoms with E-state index in [1.165, 1.54) is 32.1 Å². The van der Waals surface area contributed by atoms with E-state index in [1.54, 1.807) is 0 Å². The Labute approximate surface area is 127 Å². The number of hydrogen-bond donors (Lipinski definition) is 2. The Morgan fingerprint density at radius 2 is 1.67 bits per heavy atom. The first-order valence-electron chi connectivity index (χ1n) is 8.19. The molecule has 0 radical (unpaired) electrons. The lowest BCUT2D eigenvalue weighted by atomic mass is 9.81. The highest BCUT2D eigenvalue weighted by Gasteiger charge is 2.20. The molecule has 0 bridgehead atoms. The quantitative estimate of drug-likeness (QED) is 0.831. The molecule has 116 valence electrons. The molecule has 1 aromatic rings. The van der Waals surface area contributed by atoms with E-state index in [0.29, 0.717) is 13.2 Å². The van der Waals surface area contributed by atoms with Gasteiger partial charge in [-0.15, -0.1) is 0 Å². The molecule has 3 rings (SSSR count). The zero-order valence-electron chi connectivity index (χ0n) is 12.9. The van der Waals surface area contributed by atoms with Gasteiger partial charge in [-0.25, -0.2) is 0 Å². The van der Waals surface area contributed by atoms with Crippen molar-refractivity contribution in [3.63, 3.8) is 0 Å². The minimum Gasteiger partial charge on any atom is -0.486 e. The van der Waals surface area contributed by atoms with Crippen molar-refractivity contribution in [3.05, 3.63) is 12.1 Å². The van der Waals surface area contributed by atoms with Gasteiger partial charge < -0.3 is 20.5 Å². The molecule has 0 unspecified atom stereocenters. The first-order valence-corrected chi connectivity index (χ1v) is 8.19. The molecule has 0 amide bonds. The standard InChI is InChI=1S/C17H26N2O2/c1-2-12-3-5-13(6-4-12)11-19-15-10-17-16(9-14(15)18)20-7-8-21-17/h9-10,12-13,19H,2-8,11,18H2,1H3. The van der Waals surface area contributed by atoms with Gasteiger partial charge in [0.15, 0.2) is 11.5 Å². The summed E-state index contributed by atoms with van der Waals surface area (Å²) in [7, 11) is 0. The van der Waals surface area contributed by atoms with Gasteiger partial charge in [0.2, 0.25) is 0 Å². The first-order chi connectivity index (χ1) is 10.3. The number of fused-ring (bicyclic) bond motifs is 1. The fraction of sp³-hybridized carbons (Fsp3) is 0.647. The number of anilines is 2. The van der Waals surface area contributed by atoms with Crippen LogP contribution in [0.5, 0.6) is 11.5 Å². The molecule has 4 nitrogen and oxygen atoms in total. The fourth-order valence-corrected chi connectivity index (χ4v) is 3.36. The van der Waals surface area contributed by atoms with Crippen molar-refractivity contribution in [2.75, 3.05) is 30.8 Å². The zero-order valence-corrected chi connectivity index (χ0v) is 12.9. The summed E-state index contributed by atoms with van der Waals surface area (Å²) >= 11 is 0. The highest BCUT2D eigenvalue weighted by molar-refractivity contribution is 5.72. The molecule has 1 saturated carbocycles. The van der Waals surface area contributed by atoms with Crippen LogP contribution >= 0.6 is 0 Å². The molecule has 0 spiro atoms. The van der Waals surface area contributed by atoms with Gasteiger partial charge in [-0.05, 0) is 24.7 Å². The van der Waals surface area contributed by atoms with Crippen LogP contribution in [0.15, 0.2) is 12.1 Å². The molecule has 21 heavy (non-hydrogen) atoms. The van der Waals surface area contributed by atoms with Gasteiger partial charge in [0, 0.05) is 18.7 Å². The Hall–Kier alpha value is -1.58. The Bertz CT molecular complexity index is 482. The Balaban J connectivity index is 1.58. The first kappa shape index (κ1) is 14.4. The minimum absolute atomic E-state index is 0.597. The molecule has 1 aromatic carbocycles. The van der Waals surface area contributed by atoms with Crippen LogP contribution in [-0.2, 0) is 0 Å². The van der Waals surface area contributed by atoms with Crippen LogP contribution < -0.4 is 20.5 Å². The van der Waals surface area contributed by atoms with E-state index in [4.69, 9.17) is 15.2 Å². The van der Waals surface area contributed by atoms with E-state index in [0.717, 1.165) is 41.3 Å². The lowest BCUT2D eigenvalue weighted by Crippen LogP contribution is -2.21. The number of nitrogens with two attached hydrogens (primary N) is 1. The lowest BCUT2D eigenvalue weighted by Gasteiger charge is -2.28. The maximum atomic E-state index is 6.11. The summed E-state index contributed by atoms with van der Waals surface area (Å²) in [6, 6.07) is 3.84. The molecule has 3 N–H and O–H groups in total. The van der Waals surface area contributed by atoms with Crippen LogP contribution in [0, 0.1) is 11.8 Å². The number of rotatable bonds is 4. The van der Waals surface area contributed by atoms with Crippen LogP contribution in [0.4, 0.5) is 11.4 Å². The molecule has 1 aliphatic heterocycles. The van der Waals surface area contributed by atoms with E-state index >= 15 is 0 Å². The topological polar surface area (TPSA) is 56.5 Å². The van der Waals surface area contributed by atoms with Crippen LogP contribution in [0.1, 0.15) is 39.0 Å². The number of ether oxygens (including phenoxy) is 2. The van der Waals surface area contributed by atoms with Gasteiger partial charge in [-0.3, -0.25) is 0 Å². The highest BCUT2D eigenvalue weighted by atomic mass is 16.6. The summed E-state index contributed by atoms with van der Waals surface area (Å²) in [4.78, 5) is 0. The number of nitrogen functional groups attached to an aromatic ring is 1. The van der Waals surface area contributed by atoms with Crippen molar-refractivity contribution >= 4 is 11.4 Å². The van der Waals surface area contributed by atoms with Crippen LogP contribution in [0.2, 0.25) is 0 Å². The predicted molar refractivity (Wildman–Crippen MR) is 86.1 cm³/mol. The number of hydrogen-bond acceptors (Lipinski definition) is 4. The molecule has 1 aliphatic carbocycles. The normalized spacial score (nSPS) is 24.6. The Kier molecular flexibility index (Phi) is 4.42. The summed E-state index contributed by atoms with van der Waals surface area (Å²) in [6.07, 6.45) is 6.74. The molecule has 1 heterocycles. The summed E-state index contributed by atoms with van der Waals surface area (Å²) in [6.45, 7) is 4.51. The van der Waals surface area contributed by atoms with E-state index < -0.39 is 0 Å². The minimum atomic E-state index is 0.597. The third kappa shape index (κ3) is 3.36. The van der Waals surface area contributed by atoms with Gasteiger partial charge in [0.25, 0.3) is 0 Å². The van der Waals surface area contributed by atoms with Gasteiger partial charge >= 0.3 is 0 Å². The van der Waals surface area contributed by atoms with Gasteiger partial charge in [-0.1, -0.05) is 26.2 Å². The molecule has 2 aliphatic rings. The molecular formula is C17H26N2O2. The second-order valence-corrected chi connectivity index (χ2v) is 6.26. The SMILES string of the molecule is CCC1CCC(CNc2cc3c(cc2N)OCCO3)CC1. The largest absolute Gasteiger partial charge is 0.486 e. The Morgan fingerprint density at radius 3 is 2.33 bits per heavy atom. The molecule has 1 fully saturated rings. The molecular weight excluding hydrogens is 264 g/mol. The third-order valence-corrected chi connectivity index (χ3v) is 4.84. The maximum Gasteiger partial charge on any atom is 0.163 e. The van der Waals surface area contributed by atoms with Crippen LogP contribution in [0.3, 0.4) is 0 Å². The van der Waals surface area contributed by atoms with Crippen molar-refractivity contribution < 1.29 is 9.47 Å². The average Bonchev–Trinajstić information content (AvgIpc) is 2.53. The van der Waals surface area contributed by atoms with E-state index in [1.807, 2.05) is 12.1 Å².